The van der Waals surface area contributed by atoms with Gasteiger partial charge in [-0.2, -0.15) is 0 Å². The van der Waals surface area contributed by atoms with Crippen LogP contribution in [-0.2, 0) is 0 Å². The first-order valence-electron chi connectivity index (χ1n) is 4.16. The molecule has 0 bridgehead atoms. The fourth-order valence-electron chi connectivity index (χ4n) is 1.13. The van der Waals surface area contributed by atoms with E-state index in [-0.39, 0.29) is 5.92 Å². The number of aliphatic hydroxyl groups excluding tert-OH is 1. The topological polar surface area (TPSA) is 20.2 Å². The summed E-state index contributed by atoms with van der Waals surface area (Å²) in [5.41, 5.74) is 0.626. The highest BCUT2D eigenvalue weighted by Crippen LogP contribution is 2.33. The Hall–Kier alpha value is -0.240. The largest absolute Gasteiger partial charge is 0.388 e. The normalized spacial score (nSPS) is 13.4. The smallest absolute Gasteiger partial charge is 0.0841 e. The van der Waals surface area contributed by atoms with Gasteiger partial charge in [-0.3, -0.25) is 0 Å². The first kappa shape index (κ1) is 10.8. The van der Waals surface area contributed by atoms with E-state index in [0.717, 1.165) is 0 Å². The third-order valence-electron chi connectivity index (χ3n) is 1.93. The van der Waals surface area contributed by atoms with Gasteiger partial charge in [-0.05, 0) is 18.1 Å². The lowest BCUT2D eigenvalue weighted by Gasteiger charge is -2.17. The summed E-state index contributed by atoms with van der Waals surface area (Å²) in [4.78, 5) is 0. The zero-order valence-corrected chi connectivity index (χ0v) is 9.10. The van der Waals surface area contributed by atoms with Crippen LogP contribution in [0.4, 0.5) is 0 Å². The van der Waals surface area contributed by atoms with Gasteiger partial charge in [0.1, 0.15) is 0 Å². The zero-order valence-electron chi connectivity index (χ0n) is 7.59. The Morgan fingerprint density at radius 2 is 1.62 bits per heavy atom. The SMILES string of the molecule is CC(C)C(O)c1c(Cl)cccc1Cl. The van der Waals surface area contributed by atoms with Crippen LogP contribution in [0, 0.1) is 5.92 Å². The number of aliphatic hydroxyl groups is 1. The summed E-state index contributed by atoms with van der Waals surface area (Å²) in [5, 5.41) is 10.8. The molecule has 0 amide bonds. The summed E-state index contributed by atoms with van der Waals surface area (Å²) >= 11 is 11.8. The van der Waals surface area contributed by atoms with Crippen LogP contribution in [0.5, 0.6) is 0 Å². The Bertz CT molecular complexity index is 277. The van der Waals surface area contributed by atoms with Gasteiger partial charge in [0.05, 0.1) is 6.10 Å². The van der Waals surface area contributed by atoms with Crippen LogP contribution in [0.15, 0.2) is 18.2 Å². The molecule has 1 N–H and O–H groups in total. The highest BCUT2D eigenvalue weighted by atomic mass is 35.5. The molecular formula is C10H12Cl2O. The lowest BCUT2D eigenvalue weighted by molar-refractivity contribution is 0.127. The van der Waals surface area contributed by atoms with Crippen molar-refractivity contribution in [1.29, 1.82) is 0 Å². The van der Waals surface area contributed by atoms with Crippen molar-refractivity contribution >= 4 is 23.2 Å². The standard InChI is InChI=1S/C10H12Cl2O/c1-6(2)10(13)9-7(11)4-3-5-8(9)12/h3-6,10,13H,1-2H3. The average Bonchev–Trinajstić information content (AvgIpc) is 2.03. The summed E-state index contributed by atoms with van der Waals surface area (Å²) in [6.45, 7) is 3.84. The predicted molar refractivity (Wildman–Crippen MR) is 56.3 cm³/mol. The fraction of sp³-hybridized carbons (Fsp3) is 0.400. The summed E-state index contributed by atoms with van der Waals surface area (Å²) in [6.07, 6.45) is -0.596. The Labute approximate surface area is 88.3 Å². The maximum absolute atomic E-state index is 9.79. The summed E-state index contributed by atoms with van der Waals surface area (Å²) in [5.74, 6) is 0.109. The molecule has 0 saturated heterocycles. The van der Waals surface area contributed by atoms with Gasteiger partial charge in [0.2, 0.25) is 0 Å². The predicted octanol–water partition coefficient (Wildman–Crippen LogP) is 3.68. The van der Waals surface area contributed by atoms with E-state index in [1.807, 2.05) is 13.8 Å². The van der Waals surface area contributed by atoms with Crippen molar-refractivity contribution in [1.82, 2.24) is 0 Å². The molecule has 3 heteroatoms. The Morgan fingerprint density at radius 1 is 1.15 bits per heavy atom. The van der Waals surface area contributed by atoms with Gasteiger partial charge in [0.25, 0.3) is 0 Å². The minimum atomic E-state index is -0.596. The first-order chi connectivity index (χ1) is 6.04. The first-order valence-corrected chi connectivity index (χ1v) is 4.91. The molecule has 1 unspecified atom stereocenters. The number of benzene rings is 1. The number of hydrogen-bond donors (Lipinski definition) is 1. The van der Waals surface area contributed by atoms with Gasteiger partial charge in [-0.25, -0.2) is 0 Å². The van der Waals surface area contributed by atoms with Crippen LogP contribution in [0.25, 0.3) is 0 Å². The summed E-state index contributed by atoms with van der Waals surface area (Å²) in [6, 6.07) is 5.23. The molecule has 72 valence electrons. The lowest BCUT2D eigenvalue weighted by Crippen LogP contribution is -2.06. The molecule has 0 radical (unpaired) electrons. The molecule has 0 fully saturated rings. The van der Waals surface area contributed by atoms with Gasteiger partial charge in [0, 0.05) is 15.6 Å². The molecule has 0 spiro atoms. The molecule has 0 aliphatic rings. The maximum atomic E-state index is 9.79. The molecular weight excluding hydrogens is 207 g/mol. The summed E-state index contributed by atoms with van der Waals surface area (Å²) in [7, 11) is 0. The van der Waals surface area contributed by atoms with Gasteiger partial charge in [-0.1, -0.05) is 43.1 Å². The van der Waals surface area contributed by atoms with Crippen molar-refractivity contribution in [2.45, 2.75) is 20.0 Å². The molecule has 1 atom stereocenters. The van der Waals surface area contributed by atoms with E-state index in [1.165, 1.54) is 0 Å². The Kier molecular flexibility index (Phi) is 3.60. The van der Waals surface area contributed by atoms with E-state index in [2.05, 4.69) is 0 Å². The Balaban J connectivity index is 3.12. The molecule has 1 rings (SSSR count). The van der Waals surface area contributed by atoms with Gasteiger partial charge in [0.15, 0.2) is 0 Å². The summed E-state index contributed by atoms with van der Waals surface area (Å²) < 4.78 is 0. The van der Waals surface area contributed by atoms with E-state index < -0.39 is 6.10 Å². The van der Waals surface area contributed by atoms with Crippen molar-refractivity contribution in [2.75, 3.05) is 0 Å². The van der Waals surface area contributed by atoms with Crippen LogP contribution in [0.1, 0.15) is 25.5 Å². The third-order valence-corrected chi connectivity index (χ3v) is 2.59. The zero-order chi connectivity index (χ0) is 10.0. The Morgan fingerprint density at radius 3 is 2.00 bits per heavy atom. The van der Waals surface area contributed by atoms with E-state index in [9.17, 15) is 5.11 Å². The molecule has 0 aliphatic heterocycles. The lowest BCUT2D eigenvalue weighted by atomic mass is 9.99. The quantitative estimate of drug-likeness (QED) is 0.804. The van der Waals surface area contributed by atoms with Gasteiger partial charge < -0.3 is 5.11 Å². The van der Waals surface area contributed by atoms with Crippen molar-refractivity contribution < 1.29 is 5.11 Å². The van der Waals surface area contributed by atoms with Gasteiger partial charge in [-0.15, -0.1) is 0 Å². The van der Waals surface area contributed by atoms with Gasteiger partial charge >= 0.3 is 0 Å². The number of hydrogen-bond acceptors (Lipinski definition) is 1. The molecule has 13 heavy (non-hydrogen) atoms. The maximum Gasteiger partial charge on any atom is 0.0841 e. The second kappa shape index (κ2) is 4.32. The van der Waals surface area contributed by atoms with E-state index in [4.69, 9.17) is 23.2 Å². The average molecular weight is 219 g/mol. The molecule has 1 nitrogen and oxygen atoms in total. The van der Waals surface area contributed by atoms with Crippen LogP contribution in [0.2, 0.25) is 10.0 Å². The minimum absolute atomic E-state index is 0.109. The highest BCUT2D eigenvalue weighted by Gasteiger charge is 2.17. The van der Waals surface area contributed by atoms with E-state index in [0.29, 0.717) is 15.6 Å². The molecule has 0 heterocycles. The second-order valence-electron chi connectivity index (χ2n) is 3.32. The number of rotatable bonds is 2. The fourth-order valence-corrected chi connectivity index (χ4v) is 1.75. The molecule has 1 aromatic carbocycles. The third kappa shape index (κ3) is 2.37. The van der Waals surface area contributed by atoms with Crippen LogP contribution in [0.3, 0.4) is 0 Å². The van der Waals surface area contributed by atoms with Crippen molar-refractivity contribution in [3.8, 4) is 0 Å². The van der Waals surface area contributed by atoms with Crippen molar-refractivity contribution in [3.63, 3.8) is 0 Å². The molecule has 0 aromatic heterocycles. The molecule has 1 aromatic rings. The van der Waals surface area contributed by atoms with Crippen LogP contribution in [-0.4, -0.2) is 5.11 Å². The highest BCUT2D eigenvalue weighted by molar-refractivity contribution is 6.36. The molecule has 0 saturated carbocycles. The van der Waals surface area contributed by atoms with E-state index in [1.54, 1.807) is 18.2 Å². The van der Waals surface area contributed by atoms with Crippen molar-refractivity contribution in [3.05, 3.63) is 33.8 Å². The van der Waals surface area contributed by atoms with Crippen LogP contribution < -0.4 is 0 Å². The molecule has 0 aliphatic carbocycles. The van der Waals surface area contributed by atoms with Crippen LogP contribution >= 0.6 is 23.2 Å². The monoisotopic (exact) mass is 218 g/mol. The minimum Gasteiger partial charge on any atom is -0.388 e. The second-order valence-corrected chi connectivity index (χ2v) is 4.14. The van der Waals surface area contributed by atoms with Crippen molar-refractivity contribution in [2.24, 2.45) is 5.92 Å². The van der Waals surface area contributed by atoms with E-state index >= 15 is 0 Å². The number of halogens is 2.